The van der Waals surface area contributed by atoms with Crippen molar-refractivity contribution < 1.29 is 14.7 Å². The second kappa shape index (κ2) is 7.11. The number of hydrogen-bond donors (Lipinski definition) is 2. The molecule has 0 bridgehead atoms. The number of amides is 2. The van der Waals surface area contributed by atoms with Gasteiger partial charge in [0.1, 0.15) is 5.75 Å². The van der Waals surface area contributed by atoms with Crippen molar-refractivity contribution in [1.82, 2.24) is 10.2 Å². The molecule has 5 nitrogen and oxygen atoms in total. The van der Waals surface area contributed by atoms with Gasteiger partial charge in [0, 0.05) is 31.1 Å². The van der Waals surface area contributed by atoms with Crippen molar-refractivity contribution in [3.05, 3.63) is 29.8 Å². The molecule has 114 valence electrons. The zero-order valence-electron chi connectivity index (χ0n) is 12.3. The van der Waals surface area contributed by atoms with Crippen molar-refractivity contribution in [2.45, 2.75) is 38.6 Å². The maximum atomic E-state index is 11.9. The van der Waals surface area contributed by atoms with E-state index in [1.807, 2.05) is 11.8 Å². The van der Waals surface area contributed by atoms with Crippen LogP contribution in [-0.2, 0) is 16.0 Å². The maximum Gasteiger partial charge on any atom is 0.224 e. The van der Waals surface area contributed by atoms with Gasteiger partial charge < -0.3 is 15.3 Å². The molecule has 1 aromatic carbocycles. The van der Waals surface area contributed by atoms with Gasteiger partial charge in [0.2, 0.25) is 11.8 Å². The van der Waals surface area contributed by atoms with E-state index in [1.54, 1.807) is 24.3 Å². The number of nitrogens with one attached hydrogen (secondary N) is 1. The number of carbonyl (C=O) groups excluding carboxylic acids is 2. The molecule has 0 aliphatic carbocycles. The van der Waals surface area contributed by atoms with E-state index < -0.39 is 0 Å². The van der Waals surface area contributed by atoms with Gasteiger partial charge in [-0.3, -0.25) is 9.59 Å². The number of rotatable bonds is 6. The number of phenolic OH excluding ortho intramolecular Hbond substituents is 1. The molecule has 5 heteroatoms. The van der Waals surface area contributed by atoms with Crippen LogP contribution in [0.15, 0.2) is 24.3 Å². The van der Waals surface area contributed by atoms with Gasteiger partial charge in [-0.25, -0.2) is 0 Å². The first-order valence-corrected chi connectivity index (χ1v) is 7.40. The van der Waals surface area contributed by atoms with E-state index in [2.05, 4.69) is 5.32 Å². The van der Waals surface area contributed by atoms with Crippen molar-refractivity contribution in [2.75, 3.05) is 13.1 Å². The second-order valence-electron chi connectivity index (χ2n) is 5.55. The summed E-state index contributed by atoms with van der Waals surface area (Å²) in [5, 5.41) is 12.6. The lowest BCUT2D eigenvalue weighted by Crippen LogP contribution is -2.37. The Labute approximate surface area is 125 Å². The first kappa shape index (κ1) is 15.4. The fourth-order valence-electron chi connectivity index (χ4n) is 2.52. The van der Waals surface area contributed by atoms with Gasteiger partial charge in [-0.15, -0.1) is 0 Å². The van der Waals surface area contributed by atoms with Gasteiger partial charge in [-0.2, -0.15) is 0 Å². The summed E-state index contributed by atoms with van der Waals surface area (Å²) in [7, 11) is 0. The summed E-state index contributed by atoms with van der Waals surface area (Å²) in [6, 6.07) is 6.85. The van der Waals surface area contributed by atoms with Crippen LogP contribution in [0.3, 0.4) is 0 Å². The van der Waals surface area contributed by atoms with E-state index in [1.165, 1.54) is 0 Å². The number of benzene rings is 1. The van der Waals surface area contributed by atoms with E-state index in [4.69, 9.17) is 0 Å². The quantitative estimate of drug-likeness (QED) is 0.833. The van der Waals surface area contributed by atoms with Crippen LogP contribution < -0.4 is 5.32 Å². The molecule has 2 rings (SSSR count). The number of nitrogens with zero attached hydrogens (tertiary/aromatic N) is 1. The molecule has 0 radical (unpaired) electrons. The molecule has 21 heavy (non-hydrogen) atoms. The normalized spacial score (nSPS) is 16.0. The zero-order valence-corrected chi connectivity index (χ0v) is 12.3. The van der Waals surface area contributed by atoms with Gasteiger partial charge in [0.05, 0.1) is 6.42 Å². The Kier molecular flexibility index (Phi) is 5.20. The zero-order chi connectivity index (χ0) is 15.2. The third-order valence-corrected chi connectivity index (χ3v) is 3.75. The van der Waals surface area contributed by atoms with E-state index in [-0.39, 0.29) is 30.0 Å². The van der Waals surface area contributed by atoms with Gasteiger partial charge >= 0.3 is 0 Å². The van der Waals surface area contributed by atoms with Crippen LogP contribution >= 0.6 is 0 Å². The predicted octanol–water partition coefficient (Wildman–Crippen LogP) is 1.45. The van der Waals surface area contributed by atoms with Gasteiger partial charge in [-0.1, -0.05) is 18.2 Å². The lowest BCUT2D eigenvalue weighted by Gasteiger charge is -2.19. The minimum absolute atomic E-state index is 0.0109. The molecule has 1 fully saturated rings. The molecule has 1 saturated heterocycles. The molecular weight excluding hydrogens is 268 g/mol. The number of carbonyl (C=O) groups is 2. The van der Waals surface area contributed by atoms with E-state index in [0.29, 0.717) is 18.5 Å². The van der Waals surface area contributed by atoms with Crippen LogP contribution in [0.2, 0.25) is 0 Å². The Hall–Kier alpha value is -2.04. The molecule has 0 aromatic heterocycles. The highest BCUT2D eigenvalue weighted by Gasteiger charge is 2.20. The van der Waals surface area contributed by atoms with E-state index in [0.717, 1.165) is 19.4 Å². The molecule has 1 atom stereocenters. The molecule has 0 unspecified atom stereocenters. The first-order chi connectivity index (χ1) is 10.1. The highest BCUT2D eigenvalue weighted by atomic mass is 16.3. The lowest BCUT2D eigenvalue weighted by molar-refractivity contribution is -0.127. The standard InChI is InChI=1S/C16H22N2O3/c1-12(8-10-18-9-4-7-16(18)21)17-15(20)11-13-5-2-3-6-14(13)19/h2-3,5-6,12,19H,4,7-11H2,1H3,(H,17,20)/t12-/m0/s1. The van der Waals surface area contributed by atoms with Crippen LogP contribution in [-0.4, -0.2) is 41.0 Å². The SMILES string of the molecule is C[C@@H](CCN1CCCC1=O)NC(=O)Cc1ccccc1O. The number of aromatic hydroxyl groups is 1. The van der Waals surface area contributed by atoms with E-state index in [9.17, 15) is 14.7 Å². The van der Waals surface area contributed by atoms with Gasteiger partial charge in [-0.05, 0) is 25.8 Å². The second-order valence-corrected chi connectivity index (χ2v) is 5.55. The molecule has 2 amide bonds. The molecular formula is C16H22N2O3. The molecule has 2 N–H and O–H groups in total. The summed E-state index contributed by atoms with van der Waals surface area (Å²) in [5.74, 6) is 0.238. The monoisotopic (exact) mass is 290 g/mol. The molecule has 1 aliphatic rings. The summed E-state index contributed by atoms with van der Waals surface area (Å²) in [6.07, 6.45) is 2.50. The van der Waals surface area contributed by atoms with Crippen molar-refractivity contribution in [2.24, 2.45) is 0 Å². The Morgan fingerprint density at radius 2 is 2.19 bits per heavy atom. The van der Waals surface area contributed by atoms with Crippen LogP contribution in [0.25, 0.3) is 0 Å². The minimum atomic E-state index is -0.114. The highest BCUT2D eigenvalue weighted by Crippen LogP contribution is 2.16. The fraction of sp³-hybridized carbons (Fsp3) is 0.500. The summed E-state index contributed by atoms with van der Waals surface area (Å²) in [5.41, 5.74) is 0.622. The molecule has 1 heterocycles. The number of phenols is 1. The lowest BCUT2D eigenvalue weighted by atomic mass is 10.1. The van der Waals surface area contributed by atoms with Crippen molar-refractivity contribution in [1.29, 1.82) is 0 Å². The molecule has 1 aromatic rings. The average molecular weight is 290 g/mol. The molecule has 0 saturated carbocycles. The third kappa shape index (κ3) is 4.48. The average Bonchev–Trinajstić information content (AvgIpc) is 2.84. The topological polar surface area (TPSA) is 69.6 Å². The Balaban J connectivity index is 1.74. The summed E-state index contributed by atoms with van der Waals surface area (Å²) >= 11 is 0. The smallest absolute Gasteiger partial charge is 0.224 e. The van der Waals surface area contributed by atoms with Crippen LogP contribution in [0.5, 0.6) is 5.75 Å². The Morgan fingerprint density at radius 1 is 1.43 bits per heavy atom. The number of hydrogen-bond acceptors (Lipinski definition) is 3. The van der Waals surface area contributed by atoms with Crippen molar-refractivity contribution in [3.63, 3.8) is 0 Å². The largest absolute Gasteiger partial charge is 0.508 e. The first-order valence-electron chi connectivity index (χ1n) is 7.40. The van der Waals surface area contributed by atoms with Gasteiger partial charge in [0.25, 0.3) is 0 Å². The fourth-order valence-corrected chi connectivity index (χ4v) is 2.52. The Morgan fingerprint density at radius 3 is 2.86 bits per heavy atom. The van der Waals surface area contributed by atoms with Crippen LogP contribution in [0.4, 0.5) is 0 Å². The third-order valence-electron chi connectivity index (χ3n) is 3.75. The maximum absolute atomic E-state index is 11.9. The van der Waals surface area contributed by atoms with Crippen LogP contribution in [0.1, 0.15) is 31.7 Å². The van der Waals surface area contributed by atoms with E-state index >= 15 is 0 Å². The van der Waals surface area contributed by atoms with Crippen molar-refractivity contribution in [3.8, 4) is 5.75 Å². The number of para-hydroxylation sites is 1. The summed E-state index contributed by atoms with van der Waals surface area (Å²) < 4.78 is 0. The molecule has 0 spiro atoms. The molecule has 1 aliphatic heterocycles. The summed E-state index contributed by atoms with van der Waals surface area (Å²) in [4.78, 5) is 25.3. The minimum Gasteiger partial charge on any atom is -0.508 e. The van der Waals surface area contributed by atoms with Gasteiger partial charge in [0.15, 0.2) is 0 Å². The predicted molar refractivity (Wildman–Crippen MR) is 79.8 cm³/mol. The summed E-state index contributed by atoms with van der Waals surface area (Å²) in [6.45, 7) is 3.46. The van der Waals surface area contributed by atoms with Crippen molar-refractivity contribution >= 4 is 11.8 Å². The highest BCUT2D eigenvalue weighted by molar-refractivity contribution is 5.79. The number of likely N-dealkylation sites (tertiary alicyclic amines) is 1. The van der Waals surface area contributed by atoms with Crippen LogP contribution in [0, 0.1) is 0 Å². The Bertz CT molecular complexity index is 516.